The van der Waals surface area contributed by atoms with E-state index in [1.54, 1.807) is 0 Å². The van der Waals surface area contributed by atoms with Gasteiger partial charge in [0.1, 0.15) is 5.52 Å². The summed E-state index contributed by atoms with van der Waals surface area (Å²) in [6.45, 7) is 9.81. The van der Waals surface area contributed by atoms with Crippen LogP contribution in [0.1, 0.15) is 27.7 Å². The van der Waals surface area contributed by atoms with E-state index in [9.17, 15) is 0 Å². The summed E-state index contributed by atoms with van der Waals surface area (Å²) >= 11 is 0. The van der Waals surface area contributed by atoms with Crippen LogP contribution >= 0.6 is 0 Å². The van der Waals surface area contributed by atoms with Crippen molar-refractivity contribution in [3.05, 3.63) is 24.3 Å². The maximum absolute atomic E-state index is 5.62. The maximum Gasteiger partial charge on any atom is 0.295 e. The van der Waals surface area contributed by atoms with E-state index in [-0.39, 0.29) is 5.41 Å². The predicted molar refractivity (Wildman–Crippen MR) is 71.1 cm³/mol. The van der Waals surface area contributed by atoms with Crippen LogP contribution in [-0.4, -0.2) is 11.5 Å². The second kappa shape index (κ2) is 4.40. The molecule has 0 saturated carbocycles. The van der Waals surface area contributed by atoms with Crippen LogP contribution < -0.4 is 5.32 Å². The summed E-state index contributed by atoms with van der Waals surface area (Å²) in [4.78, 5) is 4.40. The minimum atomic E-state index is 0.223. The first-order chi connectivity index (χ1) is 7.99. The lowest BCUT2D eigenvalue weighted by molar-refractivity contribution is 0.268. The summed E-state index contributed by atoms with van der Waals surface area (Å²) in [7, 11) is 0. The molecule has 17 heavy (non-hydrogen) atoms. The van der Waals surface area contributed by atoms with E-state index < -0.39 is 0 Å². The van der Waals surface area contributed by atoms with Gasteiger partial charge in [0.25, 0.3) is 6.01 Å². The minimum absolute atomic E-state index is 0.223. The Bertz CT molecular complexity index is 467. The zero-order valence-electron chi connectivity index (χ0n) is 10.9. The number of nitrogens with one attached hydrogen (secondary N) is 1. The molecule has 0 bridgehead atoms. The number of hydrogen-bond donors (Lipinski definition) is 1. The average Bonchev–Trinajstić information content (AvgIpc) is 2.69. The Hall–Kier alpha value is -1.51. The minimum Gasteiger partial charge on any atom is -0.424 e. The molecule has 1 N–H and O–H groups in total. The van der Waals surface area contributed by atoms with E-state index in [0.29, 0.717) is 11.9 Å². The highest BCUT2D eigenvalue weighted by molar-refractivity contribution is 5.74. The fraction of sp³-hybridized carbons (Fsp3) is 0.500. The molecule has 0 aliphatic heterocycles. The molecular weight excluding hydrogens is 212 g/mol. The van der Waals surface area contributed by atoms with Gasteiger partial charge in [0, 0.05) is 6.54 Å². The van der Waals surface area contributed by atoms with Gasteiger partial charge in [0.05, 0.1) is 0 Å². The van der Waals surface area contributed by atoms with Gasteiger partial charge in [-0.1, -0.05) is 39.8 Å². The van der Waals surface area contributed by atoms with Crippen LogP contribution in [0.5, 0.6) is 0 Å². The third kappa shape index (κ3) is 2.60. The van der Waals surface area contributed by atoms with E-state index in [0.717, 1.165) is 17.6 Å². The normalized spacial score (nSPS) is 12.3. The number of oxazole rings is 1. The van der Waals surface area contributed by atoms with E-state index in [1.165, 1.54) is 0 Å². The standard InChI is InChI=1S/C14H20N2O/c1-10(2)14(3,4)9-15-13-16-11-7-5-6-8-12(11)17-13/h5-8,10H,9H2,1-4H3,(H,15,16). The van der Waals surface area contributed by atoms with Gasteiger partial charge in [-0.15, -0.1) is 0 Å². The molecule has 0 fully saturated rings. The summed E-state index contributed by atoms with van der Waals surface area (Å²) in [5, 5.41) is 3.28. The van der Waals surface area contributed by atoms with Crippen LogP contribution in [-0.2, 0) is 0 Å². The lowest BCUT2D eigenvalue weighted by Crippen LogP contribution is -2.28. The average molecular weight is 232 g/mol. The number of hydrogen-bond acceptors (Lipinski definition) is 3. The summed E-state index contributed by atoms with van der Waals surface area (Å²) in [5.41, 5.74) is 1.95. The van der Waals surface area contributed by atoms with Crippen LogP contribution in [0.4, 0.5) is 6.01 Å². The molecule has 1 heterocycles. The van der Waals surface area contributed by atoms with Crippen molar-refractivity contribution >= 4 is 17.1 Å². The van der Waals surface area contributed by atoms with E-state index in [1.807, 2.05) is 24.3 Å². The first-order valence-electron chi connectivity index (χ1n) is 6.08. The monoisotopic (exact) mass is 232 g/mol. The Kier molecular flexibility index (Phi) is 3.09. The zero-order chi connectivity index (χ0) is 12.5. The number of rotatable bonds is 4. The van der Waals surface area contributed by atoms with Crippen molar-refractivity contribution in [2.75, 3.05) is 11.9 Å². The molecule has 92 valence electrons. The maximum atomic E-state index is 5.62. The van der Waals surface area contributed by atoms with Crippen LogP contribution in [0.2, 0.25) is 0 Å². The molecule has 1 aromatic carbocycles. The van der Waals surface area contributed by atoms with Gasteiger partial charge in [-0.05, 0) is 23.5 Å². The topological polar surface area (TPSA) is 38.1 Å². The van der Waals surface area contributed by atoms with Crippen molar-refractivity contribution in [1.29, 1.82) is 0 Å². The number of nitrogens with zero attached hydrogens (tertiary/aromatic N) is 1. The Morgan fingerprint density at radius 2 is 2.00 bits per heavy atom. The molecule has 1 aromatic heterocycles. The number of para-hydroxylation sites is 2. The number of benzene rings is 1. The van der Waals surface area contributed by atoms with E-state index in [4.69, 9.17) is 4.42 Å². The van der Waals surface area contributed by atoms with Crippen LogP contribution in [0, 0.1) is 11.3 Å². The van der Waals surface area contributed by atoms with Crippen molar-refractivity contribution in [1.82, 2.24) is 4.98 Å². The Balaban J connectivity index is 2.09. The fourth-order valence-corrected chi connectivity index (χ4v) is 1.46. The zero-order valence-corrected chi connectivity index (χ0v) is 10.9. The van der Waals surface area contributed by atoms with Crippen molar-refractivity contribution in [3.8, 4) is 0 Å². The summed E-state index contributed by atoms with van der Waals surface area (Å²) in [6, 6.07) is 8.42. The number of aromatic nitrogens is 1. The molecule has 3 heteroatoms. The largest absolute Gasteiger partial charge is 0.424 e. The van der Waals surface area contributed by atoms with Gasteiger partial charge in [-0.2, -0.15) is 4.98 Å². The molecule has 2 rings (SSSR count). The quantitative estimate of drug-likeness (QED) is 0.868. The highest BCUT2D eigenvalue weighted by Crippen LogP contribution is 2.27. The van der Waals surface area contributed by atoms with Gasteiger partial charge >= 0.3 is 0 Å². The first-order valence-corrected chi connectivity index (χ1v) is 6.08. The molecule has 0 radical (unpaired) electrons. The molecule has 0 spiro atoms. The second-order valence-electron chi connectivity index (χ2n) is 5.48. The molecule has 0 saturated heterocycles. The number of anilines is 1. The van der Waals surface area contributed by atoms with Gasteiger partial charge in [-0.3, -0.25) is 0 Å². The summed E-state index contributed by atoms with van der Waals surface area (Å²) in [5.74, 6) is 0.611. The van der Waals surface area contributed by atoms with Crippen molar-refractivity contribution in [2.24, 2.45) is 11.3 Å². The Morgan fingerprint density at radius 1 is 1.29 bits per heavy atom. The second-order valence-corrected chi connectivity index (χ2v) is 5.48. The molecule has 0 unspecified atom stereocenters. The molecule has 3 nitrogen and oxygen atoms in total. The highest BCUT2D eigenvalue weighted by atomic mass is 16.4. The fourth-order valence-electron chi connectivity index (χ4n) is 1.46. The third-order valence-electron chi connectivity index (χ3n) is 3.55. The van der Waals surface area contributed by atoms with Crippen LogP contribution in [0.3, 0.4) is 0 Å². The summed E-state index contributed by atoms with van der Waals surface area (Å²) < 4.78 is 5.62. The lowest BCUT2D eigenvalue weighted by atomic mass is 9.81. The summed E-state index contributed by atoms with van der Waals surface area (Å²) in [6.07, 6.45) is 0. The van der Waals surface area contributed by atoms with E-state index in [2.05, 4.69) is 38.0 Å². The van der Waals surface area contributed by atoms with Crippen molar-refractivity contribution in [2.45, 2.75) is 27.7 Å². The Labute approximate surface area is 102 Å². The SMILES string of the molecule is CC(C)C(C)(C)CNc1nc2ccccc2o1. The number of fused-ring (bicyclic) bond motifs is 1. The highest BCUT2D eigenvalue weighted by Gasteiger charge is 2.22. The van der Waals surface area contributed by atoms with Crippen molar-refractivity contribution < 1.29 is 4.42 Å². The molecule has 0 aliphatic carbocycles. The molecule has 0 aliphatic rings. The molecule has 2 aromatic rings. The predicted octanol–water partition coefficient (Wildman–Crippen LogP) is 3.92. The molecule has 0 amide bonds. The lowest BCUT2D eigenvalue weighted by Gasteiger charge is -2.28. The smallest absolute Gasteiger partial charge is 0.295 e. The van der Waals surface area contributed by atoms with Gasteiger partial charge in [0.2, 0.25) is 0 Å². The molecular formula is C14H20N2O. The van der Waals surface area contributed by atoms with Gasteiger partial charge in [-0.25, -0.2) is 0 Å². The van der Waals surface area contributed by atoms with Gasteiger partial charge in [0.15, 0.2) is 5.58 Å². The van der Waals surface area contributed by atoms with Crippen LogP contribution in [0.15, 0.2) is 28.7 Å². The molecule has 0 atom stereocenters. The Morgan fingerprint density at radius 3 is 2.65 bits per heavy atom. The van der Waals surface area contributed by atoms with Gasteiger partial charge < -0.3 is 9.73 Å². The third-order valence-corrected chi connectivity index (χ3v) is 3.55. The van der Waals surface area contributed by atoms with E-state index >= 15 is 0 Å². The first kappa shape index (κ1) is 12.0. The van der Waals surface area contributed by atoms with Crippen molar-refractivity contribution in [3.63, 3.8) is 0 Å². The van der Waals surface area contributed by atoms with Crippen LogP contribution in [0.25, 0.3) is 11.1 Å².